The third kappa shape index (κ3) is 1.78. The highest BCUT2D eigenvalue weighted by atomic mass is 16.4. The minimum Gasteiger partial charge on any atom is -0.481 e. The second-order valence-electron chi connectivity index (χ2n) is 5.68. The Hall–Kier alpha value is -0.570. The van der Waals surface area contributed by atoms with E-state index in [1.165, 1.54) is 6.42 Å². The predicted octanol–water partition coefficient (Wildman–Crippen LogP) is 1.73. The lowest BCUT2D eigenvalue weighted by atomic mass is 9.61. The van der Waals surface area contributed by atoms with Gasteiger partial charge in [-0.3, -0.25) is 4.79 Å². The minimum absolute atomic E-state index is 0.384. The van der Waals surface area contributed by atoms with Crippen LogP contribution < -0.4 is 5.32 Å². The second kappa shape index (κ2) is 3.78. The van der Waals surface area contributed by atoms with Crippen LogP contribution in [0.25, 0.3) is 0 Å². The van der Waals surface area contributed by atoms with E-state index in [4.69, 9.17) is 0 Å². The van der Waals surface area contributed by atoms with Crippen LogP contribution in [-0.4, -0.2) is 24.2 Å². The van der Waals surface area contributed by atoms with Gasteiger partial charge in [0.05, 0.1) is 5.41 Å². The van der Waals surface area contributed by atoms with Crippen molar-refractivity contribution in [2.75, 3.05) is 13.1 Å². The van der Waals surface area contributed by atoms with Crippen LogP contribution in [0, 0.1) is 23.2 Å². The Balaban J connectivity index is 2.11. The van der Waals surface area contributed by atoms with Gasteiger partial charge in [-0.05, 0) is 37.0 Å². The van der Waals surface area contributed by atoms with Gasteiger partial charge in [0, 0.05) is 13.1 Å². The van der Waals surface area contributed by atoms with Crippen molar-refractivity contribution in [3.8, 4) is 0 Å². The Morgan fingerprint density at radius 3 is 2.07 bits per heavy atom. The number of aliphatic carboxylic acids is 1. The lowest BCUT2D eigenvalue weighted by Gasteiger charge is -2.48. The number of carboxylic acids is 1. The molecule has 1 heterocycles. The molecule has 1 saturated carbocycles. The molecule has 0 aromatic carbocycles. The topological polar surface area (TPSA) is 49.3 Å². The zero-order valence-electron chi connectivity index (χ0n) is 9.62. The van der Waals surface area contributed by atoms with E-state index in [-0.39, 0.29) is 0 Å². The van der Waals surface area contributed by atoms with Gasteiger partial charge in [0.25, 0.3) is 0 Å². The van der Waals surface area contributed by atoms with Crippen molar-refractivity contribution < 1.29 is 9.90 Å². The molecule has 0 radical (unpaired) electrons. The fourth-order valence-electron chi connectivity index (χ4n) is 3.41. The first kappa shape index (κ1) is 10.9. The highest BCUT2D eigenvalue weighted by Gasteiger charge is 2.51. The van der Waals surface area contributed by atoms with Crippen molar-refractivity contribution in [3.63, 3.8) is 0 Å². The predicted molar refractivity (Wildman–Crippen MR) is 58.6 cm³/mol. The van der Waals surface area contributed by atoms with E-state index >= 15 is 0 Å². The van der Waals surface area contributed by atoms with E-state index in [1.54, 1.807) is 0 Å². The van der Waals surface area contributed by atoms with Crippen LogP contribution in [0.5, 0.6) is 0 Å². The smallest absolute Gasteiger partial charge is 0.312 e. The van der Waals surface area contributed by atoms with Crippen LogP contribution in [0.15, 0.2) is 0 Å². The molecule has 0 spiro atoms. The first-order valence-electron chi connectivity index (χ1n) is 5.98. The largest absolute Gasteiger partial charge is 0.481 e. The number of rotatable bonds is 2. The van der Waals surface area contributed by atoms with Crippen LogP contribution in [-0.2, 0) is 4.79 Å². The maximum atomic E-state index is 11.4. The summed E-state index contributed by atoms with van der Waals surface area (Å²) in [5.41, 5.74) is -0.442. The molecule has 1 aliphatic heterocycles. The molecule has 0 aromatic rings. The summed E-state index contributed by atoms with van der Waals surface area (Å²) >= 11 is 0. The summed E-state index contributed by atoms with van der Waals surface area (Å²) < 4.78 is 0. The molecule has 1 saturated heterocycles. The Bertz CT molecular complexity index is 250. The van der Waals surface area contributed by atoms with E-state index in [0.717, 1.165) is 12.8 Å². The van der Waals surface area contributed by atoms with Crippen LogP contribution in [0.2, 0.25) is 0 Å². The molecule has 15 heavy (non-hydrogen) atoms. The standard InChI is InChI=1S/C12H21NO2/c1-8-3-9(2)5-10(4-8)12(11(14)15)6-13-7-12/h8-10,13H,3-7H2,1-2H3,(H,14,15). The molecule has 0 bridgehead atoms. The van der Waals surface area contributed by atoms with E-state index in [2.05, 4.69) is 19.2 Å². The highest BCUT2D eigenvalue weighted by molar-refractivity contribution is 5.77. The zero-order chi connectivity index (χ0) is 11.1. The van der Waals surface area contributed by atoms with Gasteiger partial charge in [-0.15, -0.1) is 0 Å². The molecular formula is C12H21NO2. The molecule has 3 nitrogen and oxygen atoms in total. The van der Waals surface area contributed by atoms with Gasteiger partial charge in [-0.25, -0.2) is 0 Å². The van der Waals surface area contributed by atoms with Crippen molar-refractivity contribution in [1.82, 2.24) is 5.32 Å². The summed E-state index contributed by atoms with van der Waals surface area (Å²) in [6, 6.07) is 0. The molecule has 2 N–H and O–H groups in total. The van der Waals surface area contributed by atoms with Gasteiger partial charge in [0.15, 0.2) is 0 Å². The van der Waals surface area contributed by atoms with Crippen molar-refractivity contribution >= 4 is 5.97 Å². The Labute approximate surface area is 91.2 Å². The summed E-state index contributed by atoms with van der Waals surface area (Å²) in [5, 5.41) is 12.5. The van der Waals surface area contributed by atoms with Crippen molar-refractivity contribution in [2.24, 2.45) is 23.2 Å². The summed E-state index contributed by atoms with van der Waals surface area (Å²) in [4.78, 5) is 11.4. The Kier molecular flexibility index (Phi) is 2.75. The fraction of sp³-hybridized carbons (Fsp3) is 0.917. The molecule has 2 fully saturated rings. The highest BCUT2D eigenvalue weighted by Crippen LogP contribution is 2.45. The molecule has 2 unspecified atom stereocenters. The maximum absolute atomic E-state index is 11.4. The van der Waals surface area contributed by atoms with E-state index in [1.807, 2.05) is 0 Å². The van der Waals surface area contributed by atoms with E-state index in [9.17, 15) is 9.90 Å². The van der Waals surface area contributed by atoms with Crippen LogP contribution in [0.3, 0.4) is 0 Å². The molecule has 1 aliphatic carbocycles. The summed E-state index contributed by atoms with van der Waals surface area (Å²) in [5.74, 6) is 1.17. The number of carbonyl (C=O) groups is 1. The van der Waals surface area contributed by atoms with Gasteiger partial charge in [-0.2, -0.15) is 0 Å². The minimum atomic E-state index is -0.590. The SMILES string of the molecule is CC1CC(C)CC(C2(C(=O)O)CNC2)C1. The number of hydrogen-bond donors (Lipinski definition) is 2. The molecule has 2 aliphatic rings. The maximum Gasteiger partial charge on any atom is 0.312 e. The van der Waals surface area contributed by atoms with Crippen molar-refractivity contribution in [3.05, 3.63) is 0 Å². The van der Waals surface area contributed by atoms with E-state index < -0.39 is 11.4 Å². The summed E-state index contributed by atoms with van der Waals surface area (Å²) in [7, 11) is 0. The number of carboxylic acid groups (broad SMARTS) is 1. The average Bonchev–Trinajstić information content (AvgIpc) is 1.97. The summed E-state index contributed by atoms with van der Waals surface area (Å²) in [6.07, 6.45) is 3.45. The fourth-order valence-corrected chi connectivity index (χ4v) is 3.41. The van der Waals surface area contributed by atoms with Crippen molar-refractivity contribution in [2.45, 2.75) is 33.1 Å². The lowest BCUT2D eigenvalue weighted by Crippen LogP contribution is -2.62. The molecule has 0 aromatic heterocycles. The average molecular weight is 211 g/mol. The monoisotopic (exact) mass is 211 g/mol. The first-order chi connectivity index (χ1) is 7.04. The number of nitrogens with one attached hydrogen (secondary N) is 1. The molecule has 2 rings (SSSR count). The lowest BCUT2D eigenvalue weighted by molar-refractivity contribution is -0.159. The van der Waals surface area contributed by atoms with Crippen molar-refractivity contribution in [1.29, 1.82) is 0 Å². The molecule has 86 valence electrons. The first-order valence-corrected chi connectivity index (χ1v) is 5.98. The van der Waals surface area contributed by atoms with Crippen LogP contribution in [0.4, 0.5) is 0 Å². The Morgan fingerprint density at radius 1 is 1.20 bits per heavy atom. The third-order valence-corrected chi connectivity index (χ3v) is 4.27. The summed E-state index contributed by atoms with van der Waals surface area (Å²) in [6.45, 7) is 5.85. The molecule has 3 heteroatoms. The normalized spacial score (nSPS) is 39.5. The molecular weight excluding hydrogens is 190 g/mol. The second-order valence-corrected chi connectivity index (χ2v) is 5.68. The van der Waals surface area contributed by atoms with Crippen LogP contribution >= 0.6 is 0 Å². The van der Waals surface area contributed by atoms with Gasteiger partial charge < -0.3 is 10.4 Å². The van der Waals surface area contributed by atoms with Gasteiger partial charge in [0.1, 0.15) is 0 Å². The Morgan fingerprint density at radius 2 is 1.73 bits per heavy atom. The van der Waals surface area contributed by atoms with E-state index in [0.29, 0.717) is 30.8 Å². The zero-order valence-corrected chi connectivity index (χ0v) is 9.62. The third-order valence-electron chi connectivity index (χ3n) is 4.27. The molecule has 0 amide bonds. The number of hydrogen-bond acceptors (Lipinski definition) is 2. The van der Waals surface area contributed by atoms with Gasteiger partial charge >= 0.3 is 5.97 Å². The van der Waals surface area contributed by atoms with Gasteiger partial charge in [0.2, 0.25) is 0 Å². The van der Waals surface area contributed by atoms with Gasteiger partial charge in [-0.1, -0.05) is 13.8 Å². The molecule has 2 atom stereocenters. The van der Waals surface area contributed by atoms with Crippen LogP contribution in [0.1, 0.15) is 33.1 Å². The quantitative estimate of drug-likeness (QED) is 0.731.